The summed E-state index contributed by atoms with van der Waals surface area (Å²) >= 11 is 0. The van der Waals surface area contributed by atoms with E-state index in [2.05, 4.69) is 81.4 Å². The number of imidazole rings is 1. The highest BCUT2D eigenvalue weighted by Crippen LogP contribution is 2.26. The number of anilines is 1. The Kier molecular flexibility index (Phi) is 5.31. The number of hydrogen-bond donors (Lipinski definition) is 1. The molecule has 0 saturated heterocycles. The van der Waals surface area contributed by atoms with Crippen molar-refractivity contribution in [2.75, 3.05) is 5.32 Å². The van der Waals surface area contributed by atoms with Gasteiger partial charge in [0.1, 0.15) is 12.1 Å². The van der Waals surface area contributed by atoms with E-state index >= 15 is 0 Å². The van der Waals surface area contributed by atoms with Crippen molar-refractivity contribution in [1.29, 1.82) is 0 Å². The number of hydrogen-bond acceptors (Lipinski definition) is 4. The summed E-state index contributed by atoms with van der Waals surface area (Å²) in [5.41, 5.74) is 6.52. The first-order valence-electron chi connectivity index (χ1n) is 11.6. The summed E-state index contributed by atoms with van der Waals surface area (Å²) in [6.45, 7) is 2.10. The van der Waals surface area contributed by atoms with Gasteiger partial charge in [0, 0.05) is 24.3 Å². The van der Waals surface area contributed by atoms with E-state index in [4.69, 9.17) is 4.98 Å². The SMILES string of the molecule is C[C@H](Nc1nccc(-n2cnc3cc(-c4ccc(-n5cccc5)cc4)ccc32)n1)c1ccccc1. The molecule has 6 aromatic rings. The Bertz CT molecular complexity index is 1570. The normalized spacial score (nSPS) is 12.0. The van der Waals surface area contributed by atoms with Gasteiger partial charge in [-0.3, -0.25) is 4.57 Å². The molecule has 35 heavy (non-hydrogen) atoms. The minimum Gasteiger partial charge on any atom is -0.348 e. The number of nitrogens with one attached hydrogen (secondary N) is 1. The molecule has 0 bridgehead atoms. The summed E-state index contributed by atoms with van der Waals surface area (Å²) in [4.78, 5) is 13.8. The molecule has 0 aliphatic rings. The zero-order valence-corrected chi connectivity index (χ0v) is 19.3. The second-order valence-electron chi connectivity index (χ2n) is 8.47. The minimum atomic E-state index is 0.0949. The topological polar surface area (TPSA) is 60.6 Å². The van der Waals surface area contributed by atoms with E-state index < -0.39 is 0 Å². The molecule has 0 fully saturated rings. The van der Waals surface area contributed by atoms with Crippen molar-refractivity contribution in [1.82, 2.24) is 24.1 Å². The molecule has 6 nitrogen and oxygen atoms in total. The predicted molar refractivity (Wildman–Crippen MR) is 140 cm³/mol. The summed E-state index contributed by atoms with van der Waals surface area (Å²) in [7, 11) is 0. The molecular formula is C29H24N6. The van der Waals surface area contributed by atoms with Crippen molar-refractivity contribution < 1.29 is 0 Å². The van der Waals surface area contributed by atoms with Crippen LogP contribution in [-0.4, -0.2) is 24.1 Å². The summed E-state index contributed by atoms with van der Waals surface area (Å²) in [6.07, 6.45) is 7.68. The lowest BCUT2D eigenvalue weighted by Gasteiger charge is -2.14. The average molecular weight is 457 g/mol. The maximum absolute atomic E-state index is 4.74. The van der Waals surface area contributed by atoms with Crippen molar-refractivity contribution in [2.45, 2.75) is 13.0 Å². The lowest BCUT2D eigenvalue weighted by molar-refractivity contribution is 0.854. The van der Waals surface area contributed by atoms with Gasteiger partial charge >= 0.3 is 0 Å². The van der Waals surface area contributed by atoms with Crippen LogP contribution in [0.3, 0.4) is 0 Å². The van der Waals surface area contributed by atoms with Crippen molar-refractivity contribution in [2.24, 2.45) is 0 Å². The maximum atomic E-state index is 4.74. The van der Waals surface area contributed by atoms with Gasteiger partial charge in [-0.2, -0.15) is 4.98 Å². The second kappa shape index (κ2) is 8.91. The molecule has 1 N–H and O–H groups in total. The summed E-state index contributed by atoms with van der Waals surface area (Å²) in [5, 5.41) is 3.40. The predicted octanol–water partition coefficient (Wildman–Crippen LogP) is 6.45. The number of aromatic nitrogens is 5. The molecule has 3 aromatic carbocycles. The van der Waals surface area contributed by atoms with Crippen LogP contribution in [0.2, 0.25) is 0 Å². The van der Waals surface area contributed by atoms with E-state index in [9.17, 15) is 0 Å². The average Bonchev–Trinajstić information content (AvgIpc) is 3.60. The van der Waals surface area contributed by atoms with E-state index in [1.54, 1.807) is 6.20 Å². The molecule has 0 aliphatic heterocycles. The molecule has 170 valence electrons. The summed E-state index contributed by atoms with van der Waals surface area (Å²) < 4.78 is 4.09. The quantitative estimate of drug-likeness (QED) is 0.313. The van der Waals surface area contributed by atoms with Crippen molar-refractivity contribution >= 4 is 17.0 Å². The molecule has 0 spiro atoms. The van der Waals surface area contributed by atoms with Crippen LogP contribution in [0.4, 0.5) is 5.95 Å². The van der Waals surface area contributed by atoms with E-state index in [1.807, 2.05) is 59.7 Å². The Morgan fingerprint density at radius 3 is 2.34 bits per heavy atom. The molecule has 3 aromatic heterocycles. The number of rotatable bonds is 6. The van der Waals surface area contributed by atoms with Crippen molar-refractivity contribution in [3.63, 3.8) is 0 Å². The van der Waals surface area contributed by atoms with Gasteiger partial charge in [0.2, 0.25) is 5.95 Å². The van der Waals surface area contributed by atoms with Crippen molar-refractivity contribution in [3.8, 4) is 22.6 Å². The lowest BCUT2D eigenvalue weighted by atomic mass is 10.0. The van der Waals surface area contributed by atoms with Crippen LogP contribution >= 0.6 is 0 Å². The van der Waals surface area contributed by atoms with Crippen LogP contribution in [0.15, 0.2) is 116 Å². The van der Waals surface area contributed by atoms with Crippen LogP contribution in [0.25, 0.3) is 33.7 Å². The molecule has 0 aliphatic carbocycles. The first-order chi connectivity index (χ1) is 17.2. The highest BCUT2D eigenvalue weighted by molar-refractivity contribution is 5.83. The van der Waals surface area contributed by atoms with E-state index in [0.717, 1.165) is 33.7 Å². The molecule has 1 atom stereocenters. The zero-order chi connectivity index (χ0) is 23.6. The smallest absolute Gasteiger partial charge is 0.225 e. The Hall–Kier alpha value is -4.71. The fraction of sp³-hybridized carbons (Fsp3) is 0.0690. The summed E-state index contributed by atoms with van der Waals surface area (Å²) in [6, 6.07) is 31.2. The van der Waals surface area contributed by atoms with E-state index in [-0.39, 0.29) is 6.04 Å². The molecule has 0 unspecified atom stereocenters. The third kappa shape index (κ3) is 4.17. The number of nitrogens with zero attached hydrogens (tertiary/aromatic N) is 5. The van der Waals surface area contributed by atoms with Gasteiger partial charge in [0.05, 0.1) is 17.1 Å². The van der Waals surface area contributed by atoms with Crippen LogP contribution in [0.5, 0.6) is 0 Å². The van der Waals surface area contributed by atoms with Gasteiger partial charge in [-0.05, 0) is 66.1 Å². The van der Waals surface area contributed by atoms with Gasteiger partial charge < -0.3 is 9.88 Å². The first-order valence-corrected chi connectivity index (χ1v) is 11.6. The first kappa shape index (κ1) is 20.9. The maximum Gasteiger partial charge on any atom is 0.225 e. The highest BCUT2D eigenvalue weighted by atomic mass is 15.2. The molecule has 0 amide bonds. The summed E-state index contributed by atoms with van der Waals surface area (Å²) in [5.74, 6) is 1.36. The molecule has 6 rings (SSSR count). The number of fused-ring (bicyclic) bond motifs is 1. The van der Waals surface area contributed by atoms with Gasteiger partial charge in [0.25, 0.3) is 0 Å². The molecule has 0 radical (unpaired) electrons. The third-order valence-corrected chi connectivity index (χ3v) is 6.18. The highest BCUT2D eigenvalue weighted by Gasteiger charge is 2.11. The van der Waals surface area contributed by atoms with Crippen LogP contribution in [-0.2, 0) is 0 Å². The fourth-order valence-electron chi connectivity index (χ4n) is 4.28. The molecular weight excluding hydrogens is 432 g/mol. The third-order valence-electron chi connectivity index (χ3n) is 6.18. The molecule has 0 saturated carbocycles. The van der Waals surface area contributed by atoms with Crippen LogP contribution in [0.1, 0.15) is 18.5 Å². The van der Waals surface area contributed by atoms with Gasteiger partial charge in [-0.15, -0.1) is 0 Å². The Balaban J connectivity index is 1.26. The Morgan fingerprint density at radius 2 is 1.54 bits per heavy atom. The molecule has 6 heteroatoms. The van der Waals surface area contributed by atoms with Crippen LogP contribution < -0.4 is 5.32 Å². The zero-order valence-electron chi connectivity index (χ0n) is 19.3. The molecule has 3 heterocycles. The van der Waals surface area contributed by atoms with E-state index in [1.165, 1.54) is 5.56 Å². The number of benzene rings is 3. The standard InChI is InChI=1S/C29H24N6/c1-21(22-7-3-2-4-8-22)32-29-30-16-15-28(33-29)35-20-31-26-19-24(11-14-27(26)35)23-9-12-25(13-10-23)34-17-5-6-18-34/h2-21H,1H3,(H,30,32,33)/t21-/m0/s1. The monoisotopic (exact) mass is 456 g/mol. The largest absolute Gasteiger partial charge is 0.348 e. The van der Waals surface area contributed by atoms with Gasteiger partial charge in [-0.25, -0.2) is 9.97 Å². The minimum absolute atomic E-state index is 0.0949. The Morgan fingerprint density at radius 1 is 0.771 bits per heavy atom. The van der Waals surface area contributed by atoms with Crippen LogP contribution in [0, 0.1) is 0 Å². The second-order valence-corrected chi connectivity index (χ2v) is 8.47. The van der Waals surface area contributed by atoms with Gasteiger partial charge in [0.15, 0.2) is 0 Å². The van der Waals surface area contributed by atoms with Gasteiger partial charge in [-0.1, -0.05) is 48.5 Å². The Labute approximate surface area is 203 Å². The van der Waals surface area contributed by atoms with E-state index in [0.29, 0.717) is 5.95 Å². The lowest BCUT2D eigenvalue weighted by Crippen LogP contribution is -2.10. The fourth-order valence-corrected chi connectivity index (χ4v) is 4.28. The van der Waals surface area contributed by atoms with Crippen molar-refractivity contribution in [3.05, 3.63) is 121 Å².